The maximum atomic E-state index is 11.9. The van der Waals surface area contributed by atoms with Gasteiger partial charge in [0.05, 0.1) is 5.92 Å². The molecule has 0 aromatic rings. The SMILES string of the molecule is C[C@H]1OC(=O)[C@@H]2C[C@@H]3CSCC[C@@]3(N)[C@H](C=O)[C@H]12. The molecule has 0 bridgehead atoms. The fraction of sp³-hybridized carbons (Fsp3) is 0.846. The van der Waals surface area contributed by atoms with Gasteiger partial charge in [-0.05, 0) is 37.2 Å². The van der Waals surface area contributed by atoms with Gasteiger partial charge in [-0.25, -0.2) is 0 Å². The third-order valence-electron chi connectivity index (χ3n) is 5.09. The van der Waals surface area contributed by atoms with Crippen LogP contribution >= 0.6 is 11.8 Å². The van der Waals surface area contributed by atoms with E-state index in [4.69, 9.17) is 10.5 Å². The molecule has 0 unspecified atom stereocenters. The first-order valence-corrected chi connectivity index (χ1v) is 7.76. The van der Waals surface area contributed by atoms with E-state index in [1.54, 1.807) is 0 Å². The average Bonchev–Trinajstić information content (AvgIpc) is 2.61. The van der Waals surface area contributed by atoms with Crippen molar-refractivity contribution in [2.45, 2.75) is 31.4 Å². The van der Waals surface area contributed by atoms with Gasteiger partial charge in [-0.1, -0.05) is 0 Å². The number of aldehydes is 1. The molecule has 2 heterocycles. The van der Waals surface area contributed by atoms with Gasteiger partial charge in [0.1, 0.15) is 12.4 Å². The third kappa shape index (κ3) is 1.56. The highest BCUT2D eigenvalue weighted by atomic mass is 32.2. The number of hydrogen-bond donors (Lipinski definition) is 1. The van der Waals surface area contributed by atoms with Crippen LogP contribution < -0.4 is 5.73 Å². The first kappa shape index (κ1) is 12.5. The Balaban J connectivity index is 1.98. The summed E-state index contributed by atoms with van der Waals surface area (Å²) in [5, 5.41) is 0. The molecule has 0 amide bonds. The van der Waals surface area contributed by atoms with Crippen LogP contribution in [0.25, 0.3) is 0 Å². The van der Waals surface area contributed by atoms with Crippen LogP contribution in [-0.2, 0) is 14.3 Å². The van der Waals surface area contributed by atoms with Gasteiger partial charge in [-0.15, -0.1) is 0 Å². The molecule has 100 valence electrons. The molecule has 1 aliphatic carbocycles. The zero-order chi connectivity index (χ0) is 12.9. The molecular weight excluding hydrogens is 250 g/mol. The molecule has 0 aromatic heterocycles. The Morgan fingerprint density at radius 3 is 3.06 bits per heavy atom. The number of fused-ring (bicyclic) bond motifs is 2. The molecule has 2 aliphatic heterocycles. The molecule has 18 heavy (non-hydrogen) atoms. The van der Waals surface area contributed by atoms with E-state index in [0.29, 0.717) is 0 Å². The summed E-state index contributed by atoms with van der Waals surface area (Å²) in [4.78, 5) is 23.4. The Hall–Kier alpha value is -0.550. The molecule has 5 heteroatoms. The predicted octanol–water partition coefficient (Wildman–Crippen LogP) is 0.834. The fourth-order valence-corrected chi connectivity index (χ4v) is 5.47. The third-order valence-corrected chi connectivity index (χ3v) is 6.22. The van der Waals surface area contributed by atoms with Gasteiger partial charge in [0, 0.05) is 17.4 Å². The first-order chi connectivity index (χ1) is 8.58. The van der Waals surface area contributed by atoms with E-state index in [0.717, 1.165) is 30.6 Å². The quantitative estimate of drug-likeness (QED) is 0.564. The molecule has 0 aromatic carbocycles. The summed E-state index contributed by atoms with van der Waals surface area (Å²) in [5.74, 6) is 1.75. The van der Waals surface area contributed by atoms with Crippen LogP contribution in [-0.4, -0.2) is 35.4 Å². The number of carbonyl (C=O) groups excluding carboxylic acids is 2. The molecule has 3 fully saturated rings. The van der Waals surface area contributed by atoms with Crippen molar-refractivity contribution in [2.24, 2.45) is 29.4 Å². The van der Waals surface area contributed by atoms with E-state index >= 15 is 0 Å². The van der Waals surface area contributed by atoms with Crippen molar-refractivity contribution in [3.05, 3.63) is 0 Å². The number of ether oxygens (including phenoxy) is 1. The van der Waals surface area contributed by atoms with Crippen molar-refractivity contribution < 1.29 is 14.3 Å². The Morgan fingerprint density at radius 1 is 1.56 bits per heavy atom. The van der Waals surface area contributed by atoms with Gasteiger partial charge < -0.3 is 15.3 Å². The lowest BCUT2D eigenvalue weighted by Gasteiger charge is -2.51. The number of hydrogen-bond acceptors (Lipinski definition) is 5. The predicted molar refractivity (Wildman–Crippen MR) is 69.1 cm³/mol. The topological polar surface area (TPSA) is 69.4 Å². The molecule has 2 saturated heterocycles. The average molecular weight is 269 g/mol. The van der Waals surface area contributed by atoms with Gasteiger partial charge in [0.15, 0.2) is 0 Å². The number of carbonyl (C=O) groups is 2. The van der Waals surface area contributed by atoms with Crippen LogP contribution in [0.3, 0.4) is 0 Å². The number of nitrogens with two attached hydrogens (primary N) is 1. The summed E-state index contributed by atoms with van der Waals surface area (Å²) < 4.78 is 5.33. The Labute approximate surface area is 111 Å². The molecule has 2 N–H and O–H groups in total. The first-order valence-electron chi connectivity index (χ1n) is 6.60. The van der Waals surface area contributed by atoms with Gasteiger partial charge in [0.25, 0.3) is 0 Å². The van der Waals surface area contributed by atoms with Crippen molar-refractivity contribution in [1.82, 2.24) is 0 Å². The second kappa shape index (κ2) is 4.23. The van der Waals surface area contributed by atoms with Crippen molar-refractivity contribution in [2.75, 3.05) is 11.5 Å². The number of cyclic esters (lactones) is 1. The highest BCUT2D eigenvalue weighted by Gasteiger charge is 2.59. The monoisotopic (exact) mass is 269 g/mol. The van der Waals surface area contributed by atoms with Crippen LogP contribution in [0.2, 0.25) is 0 Å². The standard InChI is InChI=1S/C13H19NO3S/c1-7-11-9(12(16)17-7)4-8-6-18-3-2-13(8,14)10(11)5-15/h5,7-11H,2-4,6,14H2,1H3/t7-,8-,9-,10-,11-,13+/m1/s1. The van der Waals surface area contributed by atoms with Gasteiger partial charge >= 0.3 is 5.97 Å². The highest BCUT2D eigenvalue weighted by molar-refractivity contribution is 7.99. The number of esters is 1. The minimum atomic E-state index is -0.420. The molecule has 1 saturated carbocycles. The summed E-state index contributed by atoms with van der Waals surface area (Å²) in [6, 6.07) is 0. The summed E-state index contributed by atoms with van der Waals surface area (Å²) in [6.07, 6.45) is 2.48. The molecule has 0 spiro atoms. The van der Waals surface area contributed by atoms with Crippen molar-refractivity contribution in [1.29, 1.82) is 0 Å². The Kier molecular flexibility index (Phi) is 2.94. The van der Waals surface area contributed by atoms with Crippen molar-refractivity contribution in [3.8, 4) is 0 Å². The second-order valence-electron chi connectivity index (χ2n) is 5.86. The summed E-state index contributed by atoms with van der Waals surface area (Å²) in [5.41, 5.74) is 6.15. The second-order valence-corrected chi connectivity index (χ2v) is 7.01. The van der Waals surface area contributed by atoms with Crippen LogP contribution in [0.15, 0.2) is 0 Å². The van der Waals surface area contributed by atoms with E-state index in [2.05, 4.69) is 0 Å². The van der Waals surface area contributed by atoms with Crippen LogP contribution in [0.1, 0.15) is 19.8 Å². The maximum Gasteiger partial charge on any atom is 0.309 e. The van der Waals surface area contributed by atoms with E-state index in [9.17, 15) is 9.59 Å². The number of thioether (sulfide) groups is 1. The fourth-order valence-electron chi connectivity index (χ4n) is 4.07. The lowest BCUT2D eigenvalue weighted by atomic mass is 9.57. The van der Waals surface area contributed by atoms with E-state index in [1.165, 1.54) is 0 Å². The molecule has 6 atom stereocenters. The van der Waals surface area contributed by atoms with Crippen molar-refractivity contribution in [3.63, 3.8) is 0 Å². The molecule has 4 nitrogen and oxygen atoms in total. The van der Waals surface area contributed by atoms with Gasteiger partial charge in [0.2, 0.25) is 0 Å². The Bertz CT molecular complexity index is 388. The summed E-state index contributed by atoms with van der Waals surface area (Å²) >= 11 is 1.88. The largest absolute Gasteiger partial charge is 0.462 e. The van der Waals surface area contributed by atoms with Gasteiger partial charge in [-0.2, -0.15) is 11.8 Å². The highest BCUT2D eigenvalue weighted by Crippen LogP contribution is 2.52. The zero-order valence-corrected chi connectivity index (χ0v) is 11.3. The maximum absolute atomic E-state index is 11.9. The van der Waals surface area contributed by atoms with Crippen LogP contribution in [0.5, 0.6) is 0 Å². The minimum absolute atomic E-state index is 0.0145. The minimum Gasteiger partial charge on any atom is -0.462 e. The lowest BCUT2D eigenvalue weighted by Crippen LogP contribution is -2.63. The van der Waals surface area contributed by atoms with E-state index in [-0.39, 0.29) is 35.7 Å². The van der Waals surface area contributed by atoms with Crippen LogP contribution in [0.4, 0.5) is 0 Å². The summed E-state index contributed by atoms with van der Waals surface area (Å²) in [6.45, 7) is 1.89. The van der Waals surface area contributed by atoms with E-state index in [1.807, 2.05) is 18.7 Å². The smallest absolute Gasteiger partial charge is 0.309 e. The van der Waals surface area contributed by atoms with Crippen LogP contribution in [0, 0.1) is 23.7 Å². The molecular formula is C13H19NO3S. The van der Waals surface area contributed by atoms with Gasteiger partial charge in [-0.3, -0.25) is 4.79 Å². The Morgan fingerprint density at radius 2 is 2.33 bits per heavy atom. The lowest BCUT2D eigenvalue weighted by molar-refractivity contribution is -0.144. The van der Waals surface area contributed by atoms with E-state index < -0.39 is 5.54 Å². The zero-order valence-electron chi connectivity index (χ0n) is 10.5. The number of rotatable bonds is 1. The van der Waals surface area contributed by atoms with Crippen molar-refractivity contribution >= 4 is 24.0 Å². The molecule has 3 rings (SSSR count). The normalized spacial score (nSPS) is 51.2. The molecule has 0 radical (unpaired) electrons. The summed E-state index contributed by atoms with van der Waals surface area (Å²) in [7, 11) is 0. The molecule has 3 aliphatic rings.